The lowest BCUT2D eigenvalue weighted by Crippen LogP contribution is -2.00. The minimum absolute atomic E-state index is 0.640. The Balaban J connectivity index is 0.996. The van der Waals surface area contributed by atoms with E-state index in [9.17, 15) is 0 Å². The summed E-state index contributed by atoms with van der Waals surface area (Å²) in [5.41, 5.74) is 11.9. The van der Waals surface area contributed by atoms with Crippen molar-refractivity contribution < 1.29 is 0 Å². The van der Waals surface area contributed by atoms with Crippen molar-refractivity contribution >= 4 is 63.8 Å². The van der Waals surface area contributed by atoms with Crippen molar-refractivity contribution in [2.75, 3.05) is 0 Å². The molecule has 4 nitrogen and oxygen atoms in total. The van der Waals surface area contributed by atoms with Gasteiger partial charge in [-0.3, -0.25) is 0 Å². The van der Waals surface area contributed by atoms with Crippen LogP contribution in [0.5, 0.6) is 0 Å². The van der Waals surface area contributed by atoms with Gasteiger partial charge in [0.15, 0.2) is 17.5 Å². The number of thiophene rings is 2. The molecule has 12 aromatic rings. The first kappa shape index (κ1) is 36.2. The number of aromatic nitrogens is 4. The largest absolute Gasteiger partial charge is 0.246 e. The zero-order chi connectivity index (χ0) is 41.0. The van der Waals surface area contributed by atoms with Crippen LogP contribution in [0.3, 0.4) is 0 Å². The van der Waals surface area contributed by atoms with Crippen molar-refractivity contribution in [3.63, 3.8) is 0 Å². The highest BCUT2D eigenvalue weighted by Crippen LogP contribution is 2.52. The first-order valence-corrected chi connectivity index (χ1v) is 22.3. The van der Waals surface area contributed by atoms with Crippen LogP contribution in [-0.4, -0.2) is 19.9 Å². The molecule has 0 amide bonds. The highest BCUT2D eigenvalue weighted by Gasteiger charge is 2.24. The van der Waals surface area contributed by atoms with Gasteiger partial charge in [-0.1, -0.05) is 194 Å². The molecule has 62 heavy (non-hydrogen) atoms. The van der Waals surface area contributed by atoms with Gasteiger partial charge in [0, 0.05) is 69.2 Å². The molecule has 8 aromatic carbocycles. The van der Waals surface area contributed by atoms with Gasteiger partial charge in [-0.05, 0) is 28.8 Å². The number of para-hydroxylation sites is 1. The SMILES string of the molecule is c1ccc(-c2nc(-c3ccccc3)nc(-c3ccc(-c4ccc(-c5c(-c6cccc7c6sc6ccccc67)sc6c(-c7ccccc7)nc7ccccc7c56)cc4)cc3)n2)cc1. The fourth-order valence-corrected chi connectivity index (χ4v) is 11.2. The molecule has 0 fully saturated rings. The Morgan fingerprint density at radius 2 is 0.790 bits per heavy atom. The van der Waals surface area contributed by atoms with Crippen LogP contribution in [0.1, 0.15) is 0 Å². The summed E-state index contributed by atoms with van der Waals surface area (Å²) in [5.74, 6) is 1.94. The van der Waals surface area contributed by atoms with Gasteiger partial charge in [0.2, 0.25) is 0 Å². The van der Waals surface area contributed by atoms with Crippen LogP contribution in [0.15, 0.2) is 206 Å². The van der Waals surface area contributed by atoms with Crippen LogP contribution in [0.2, 0.25) is 0 Å². The summed E-state index contributed by atoms with van der Waals surface area (Å²) in [4.78, 5) is 21.4. The minimum atomic E-state index is 0.640. The summed E-state index contributed by atoms with van der Waals surface area (Å²) in [5, 5.41) is 4.99. The number of nitrogens with zero attached hydrogens (tertiary/aromatic N) is 4. The van der Waals surface area contributed by atoms with Crippen molar-refractivity contribution in [3.8, 4) is 78.1 Å². The monoisotopic (exact) mass is 826 g/mol. The lowest BCUT2D eigenvalue weighted by molar-refractivity contribution is 1.07. The third kappa shape index (κ3) is 6.28. The predicted octanol–water partition coefficient (Wildman–Crippen LogP) is 15.7. The highest BCUT2D eigenvalue weighted by molar-refractivity contribution is 7.27. The molecule has 0 bridgehead atoms. The van der Waals surface area contributed by atoms with Crippen molar-refractivity contribution in [1.82, 2.24) is 19.9 Å². The van der Waals surface area contributed by atoms with E-state index in [4.69, 9.17) is 19.9 Å². The average molecular weight is 827 g/mol. The Hall–Kier alpha value is -7.64. The maximum Gasteiger partial charge on any atom is 0.164 e. The molecule has 6 heteroatoms. The molecule has 0 aliphatic heterocycles. The number of hydrogen-bond acceptors (Lipinski definition) is 6. The average Bonchev–Trinajstić information content (AvgIpc) is 3.95. The minimum Gasteiger partial charge on any atom is -0.246 e. The summed E-state index contributed by atoms with van der Waals surface area (Å²) >= 11 is 3.74. The molecule has 4 aromatic heterocycles. The van der Waals surface area contributed by atoms with Crippen molar-refractivity contribution in [2.24, 2.45) is 0 Å². The molecule has 290 valence electrons. The number of fused-ring (bicyclic) bond motifs is 6. The fourth-order valence-electron chi connectivity index (χ4n) is 8.57. The topological polar surface area (TPSA) is 51.6 Å². The van der Waals surface area contributed by atoms with Crippen LogP contribution >= 0.6 is 22.7 Å². The molecule has 0 aliphatic rings. The van der Waals surface area contributed by atoms with Crippen LogP contribution < -0.4 is 0 Å². The summed E-state index contributed by atoms with van der Waals surface area (Å²) < 4.78 is 3.80. The molecule has 0 saturated heterocycles. The summed E-state index contributed by atoms with van der Waals surface area (Å²) in [6.07, 6.45) is 0. The predicted molar refractivity (Wildman–Crippen MR) is 261 cm³/mol. The quantitative estimate of drug-likeness (QED) is 0.161. The van der Waals surface area contributed by atoms with E-state index in [2.05, 4.69) is 146 Å². The Morgan fingerprint density at radius 3 is 1.42 bits per heavy atom. The second kappa shape index (κ2) is 15.1. The molecule has 0 radical (unpaired) electrons. The summed E-state index contributed by atoms with van der Waals surface area (Å²) in [6, 6.07) is 72.6. The zero-order valence-corrected chi connectivity index (χ0v) is 34.9. The van der Waals surface area contributed by atoms with E-state index in [0.29, 0.717) is 17.5 Å². The standard InChI is InChI=1S/C56H34N4S2/c1-4-15-38(16-5-1)50-53-49(44-22-10-12-25-46(44)57-50)48(52(62-53)45-24-14-23-43-42-21-11-13-26-47(42)61-51(43)45)37-31-27-35(28-32-37)36-29-33-41(34-30-36)56-59-54(39-17-6-2-7-18-39)58-55(60-56)40-19-8-3-9-20-40/h1-34H. The first-order chi connectivity index (χ1) is 30.7. The Labute approximate surface area is 366 Å². The number of rotatable bonds is 7. The molecule has 0 spiro atoms. The van der Waals surface area contributed by atoms with E-state index in [1.165, 1.54) is 51.8 Å². The maximum atomic E-state index is 5.34. The Bertz CT molecular complexity index is 3540. The van der Waals surface area contributed by atoms with Crippen LogP contribution in [-0.2, 0) is 0 Å². The molecule has 0 atom stereocenters. The van der Waals surface area contributed by atoms with Gasteiger partial charge in [0.1, 0.15) is 0 Å². The van der Waals surface area contributed by atoms with Crippen LogP contribution in [0.25, 0.3) is 119 Å². The molecule has 0 unspecified atom stereocenters. The van der Waals surface area contributed by atoms with Crippen molar-refractivity contribution in [2.45, 2.75) is 0 Å². The normalized spacial score (nSPS) is 11.5. The lowest BCUT2D eigenvalue weighted by atomic mass is 9.93. The smallest absolute Gasteiger partial charge is 0.164 e. The number of pyridine rings is 1. The van der Waals surface area contributed by atoms with E-state index in [1.54, 1.807) is 0 Å². The van der Waals surface area contributed by atoms with Gasteiger partial charge in [-0.25, -0.2) is 19.9 Å². The van der Waals surface area contributed by atoms with Gasteiger partial charge in [0.25, 0.3) is 0 Å². The first-order valence-electron chi connectivity index (χ1n) is 20.6. The second-order valence-electron chi connectivity index (χ2n) is 15.3. The third-order valence-electron chi connectivity index (χ3n) is 11.6. The molecule has 12 rings (SSSR count). The maximum absolute atomic E-state index is 5.34. The van der Waals surface area contributed by atoms with Gasteiger partial charge in [-0.15, -0.1) is 22.7 Å². The molecule has 0 aliphatic carbocycles. The Kier molecular flexibility index (Phi) is 8.84. The van der Waals surface area contributed by atoms with E-state index >= 15 is 0 Å². The van der Waals surface area contributed by atoms with E-state index in [0.717, 1.165) is 50.0 Å². The van der Waals surface area contributed by atoms with E-state index < -0.39 is 0 Å². The van der Waals surface area contributed by atoms with Crippen LogP contribution in [0, 0.1) is 0 Å². The number of benzene rings is 8. The summed E-state index contributed by atoms with van der Waals surface area (Å²) in [7, 11) is 0. The van der Waals surface area contributed by atoms with E-state index in [-0.39, 0.29) is 0 Å². The van der Waals surface area contributed by atoms with Gasteiger partial charge in [-0.2, -0.15) is 0 Å². The lowest BCUT2D eigenvalue weighted by Gasteiger charge is -2.11. The van der Waals surface area contributed by atoms with Crippen LogP contribution in [0.4, 0.5) is 0 Å². The molecule has 4 heterocycles. The van der Waals surface area contributed by atoms with E-state index in [1.807, 2.05) is 83.3 Å². The number of hydrogen-bond donors (Lipinski definition) is 0. The van der Waals surface area contributed by atoms with Gasteiger partial charge >= 0.3 is 0 Å². The van der Waals surface area contributed by atoms with Gasteiger partial charge < -0.3 is 0 Å². The molecule has 0 saturated carbocycles. The highest BCUT2D eigenvalue weighted by atomic mass is 32.1. The van der Waals surface area contributed by atoms with Gasteiger partial charge in [0.05, 0.1) is 15.9 Å². The second-order valence-corrected chi connectivity index (χ2v) is 17.4. The molecular formula is C56H34N4S2. The molecule has 0 N–H and O–H groups in total. The molecular weight excluding hydrogens is 793 g/mol. The van der Waals surface area contributed by atoms with Crippen molar-refractivity contribution in [1.29, 1.82) is 0 Å². The third-order valence-corrected chi connectivity index (χ3v) is 14.0. The van der Waals surface area contributed by atoms with Crippen molar-refractivity contribution in [3.05, 3.63) is 206 Å². The zero-order valence-electron chi connectivity index (χ0n) is 33.2. The fraction of sp³-hybridized carbons (Fsp3) is 0. The Morgan fingerprint density at radius 1 is 0.306 bits per heavy atom. The summed E-state index contributed by atoms with van der Waals surface area (Å²) in [6.45, 7) is 0.